The van der Waals surface area contributed by atoms with Crippen LogP contribution < -0.4 is 10.6 Å². The molecule has 1 aliphatic heterocycles. The monoisotopic (exact) mass is 279 g/mol. The van der Waals surface area contributed by atoms with Crippen LogP contribution in [0, 0.1) is 11.8 Å². The molecule has 0 saturated heterocycles. The smallest absolute Gasteiger partial charge is 0.252 e. The molecule has 0 bridgehead atoms. The zero-order valence-electron chi connectivity index (χ0n) is 9.91. The summed E-state index contributed by atoms with van der Waals surface area (Å²) < 4.78 is 27.5. The molecule has 0 spiro atoms. The van der Waals surface area contributed by atoms with Crippen molar-refractivity contribution in [2.75, 3.05) is 23.7 Å². The number of halogens is 2. The minimum absolute atomic E-state index is 0.237. The van der Waals surface area contributed by atoms with Crippen LogP contribution >= 0.6 is 11.8 Å². The van der Waals surface area contributed by atoms with E-state index in [1.165, 1.54) is 11.8 Å². The summed E-state index contributed by atoms with van der Waals surface area (Å²) in [4.78, 5) is 4.67. The highest BCUT2D eigenvalue weighted by Gasteiger charge is 2.22. The van der Waals surface area contributed by atoms with Gasteiger partial charge >= 0.3 is 0 Å². The molecule has 0 unspecified atom stereocenters. The van der Waals surface area contributed by atoms with Crippen LogP contribution in [0.3, 0.4) is 0 Å². The van der Waals surface area contributed by atoms with Crippen LogP contribution in [-0.4, -0.2) is 18.1 Å². The van der Waals surface area contributed by atoms with E-state index >= 15 is 0 Å². The fraction of sp³-hybridized carbons (Fsp3) is 0.154. The third-order valence-electron chi connectivity index (χ3n) is 2.74. The topological polar surface area (TPSA) is 37.0 Å². The number of rotatable bonds is 2. The number of aromatic nitrogens is 1. The van der Waals surface area contributed by atoms with Crippen molar-refractivity contribution in [3.05, 3.63) is 42.1 Å². The van der Waals surface area contributed by atoms with Gasteiger partial charge in [-0.1, -0.05) is 30.0 Å². The quantitative estimate of drug-likeness (QED) is 0.827. The van der Waals surface area contributed by atoms with Crippen molar-refractivity contribution in [2.24, 2.45) is 0 Å². The van der Waals surface area contributed by atoms with E-state index in [2.05, 4.69) is 15.6 Å². The fourth-order valence-electron chi connectivity index (χ4n) is 1.88. The summed E-state index contributed by atoms with van der Waals surface area (Å²) in [5.41, 5.74) is 0.527. The first-order valence-electron chi connectivity index (χ1n) is 5.85. The van der Waals surface area contributed by atoms with Gasteiger partial charge in [-0.2, -0.15) is 9.37 Å². The van der Waals surface area contributed by atoms with E-state index in [1.54, 1.807) is 0 Å². The van der Waals surface area contributed by atoms with Crippen LogP contribution in [0.25, 0.3) is 0 Å². The van der Waals surface area contributed by atoms with Gasteiger partial charge in [-0.25, -0.2) is 4.39 Å². The predicted molar refractivity (Wildman–Crippen MR) is 71.7 cm³/mol. The number of hydrogen-bond donors (Lipinski definition) is 2. The molecule has 98 valence electrons. The van der Waals surface area contributed by atoms with E-state index in [4.69, 9.17) is 0 Å². The highest BCUT2D eigenvalue weighted by atomic mass is 32.2. The van der Waals surface area contributed by atoms with E-state index in [1.807, 2.05) is 30.3 Å². The van der Waals surface area contributed by atoms with Gasteiger partial charge in [-0.05, 0) is 12.1 Å². The lowest BCUT2D eigenvalue weighted by molar-refractivity contribution is 0.465. The van der Waals surface area contributed by atoms with E-state index in [0.29, 0.717) is 24.6 Å². The first kappa shape index (κ1) is 12.2. The Morgan fingerprint density at radius 1 is 1.05 bits per heavy atom. The van der Waals surface area contributed by atoms with Crippen molar-refractivity contribution in [2.45, 2.75) is 9.79 Å². The van der Waals surface area contributed by atoms with Gasteiger partial charge < -0.3 is 10.6 Å². The maximum atomic E-state index is 13.9. The second-order valence-electron chi connectivity index (χ2n) is 4.04. The first-order chi connectivity index (χ1) is 9.25. The Morgan fingerprint density at radius 3 is 2.58 bits per heavy atom. The second kappa shape index (κ2) is 5.05. The molecule has 0 saturated carbocycles. The molecule has 2 aromatic rings. The van der Waals surface area contributed by atoms with Crippen LogP contribution in [-0.2, 0) is 0 Å². The largest absolute Gasteiger partial charge is 0.379 e. The van der Waals surface area contributed by atoms with Crippen LogP contribution in [0.4, 0.5) is 20.3 Å². The molecular formula is C13H11F2N3S. The van der Waals surface area contributed by atoms with Gasteiger partial charge in [0.1, 0.15) is 0 Å². The summed E-state index contributed by atoms with van der Waals surface area (Å²) in [7, 11) is 0. The molecular weight excluding hydrogens is 268 g/mol. The Labute approximate surface area is 113 Å². The van der Waals surface area contributed by atoms with E-state index in [-0.39, 0.29) is 4.90 Å². The summed E-state index contributed by atoms with van der Waals surface area (Å²) in [5, 5.41) is 6.03. The van der Waals surface area contributed by atoms with E-state index in [0.717, 1.165) is 4.90 Å². The minimum Gasteiger partial charge on any atom is -0.379 e. The lowest BCUT2D eigenvalue weighted by Gasteiger charge is -2.21. The van der Waals surface area contributed by atoms with Gasteiger partial charge in [0.15, 0.2) is 11.6 Å². The Balaban J connectivity index is 2.06. The molecule has 1 aliphatic rings. The standard InChI is InChI=1S/C13H11F2N3S/c14-9-11(19-8-4-2-1-3-5-8)10-13(18-12(9)15)17-7-6-16-10/h1-5,16H,6-7H2,(H,17,18). The molecule has 0 fully saturated rings. The zero-order chi connectivity index (χ0) is 13.2. The number of pyridine rings is 1. The maximum absolute atomic E-state index is 13.9. The van der Waals surface area contributed by atoms with Crippen molar-refractivity contribution >= 4 is 23.3 Å². The minimum atomic E-state index is -1.08. The van der Waals surface area contributed by atoms with Crippen molar-refractivity contribution < 1.29 is 8.78 Å². The number of hydrogen-bond acceptors (Lipinski definition) is 4. The summed E-state index contributed by atoms with van der Waals surface area (Å²) in [6.45, 7) is 1.29. The van der Waals surface area contributed by atoms with Crippen LogP contribution in [0.2, 0.25) is 0 Å². The molecule has 3 nitrogen and oxygen atoms in total. The molecule has 6 heteroatoms. The fourth-order valence-corrected chi connectivity index (χ4v) is 2.85. The van der Waals surface area contributed by atoms with E-state index in [9.17, 15) is 8.78 Å². The highest BCUT2D eigenvalue weighted by molar-refractivity contribution is 7.99. The summed E-state index contributed by atoms with van der Waals surface area (Å²) in [6, 6.07) is 9.30. The Kier molecular flexibility index (Phi) is 3.25. The zero-order valence-corrected chi connectivity index (χ0v) is 10.7. The van der Waals surface area contributed by atoms with Gasteiger partial charge in [-0.3, -0.25) is 0 Å². The second-order valence-corrected chi connectivity index (χ2v) is 5.12. The SMILES string of the molecule is Fc1nc2c(c(Sc3ccccc3)c1F)NCCN2. The molecule has 2 N–H and O–H groups in total. The number of benzene rings is 1. The Bertz CT molecular complexity index is 605. The molecule has 3 rings (SSSR count). The van der Waals surface area contributed by atoms with Crippen molar-refractivity contribution in [3.63, 3.8) is 0 Å². The highest BCUT2D eigenvalue weighted by Crippen LogP contribution is 2.40. The number of nitrogens with zero attached hydrogens (tertiary/aromatic N) is 1. The van der Waals surface area contributed by atoms with Crippen LogP contribution in [0.1, 0.15) is 0 Å². The molecule has 0 aliphatic carbocycles. The van der Waals surface area contributed by atoms with Crippen molar-refractivity contribution in [3.8, 4) is 0 Å². The molecule has 0 amide bonds. The molecule has 2 heterocycles. The molecule has 1 aromatic heterocycles. The van der Waals surface area contributed by atoms with Crippen LogP contribution in [0.5, 0.6) is 0 Å². The predicted octanol–water partition coefficient (Wildman–Crippen LogP) is 3.35. The molecule has 1 aromatic carbocycles. The molecule has 0 radical (unpaired) electrons. The van der Waals surface area contributed by atoms with Crippen molar-refractivity contribution in [1.82, 2.24) is 4.98 Å². The van der Waals surface area contributed by atoms with Crippen LogP contribution in [0.15, 0.2) is 40.1 Å². The summed E-state index contributed by atoms with van der Waals surface area (Å²) in [5.74, 6) is -1.62. The van der Waals surface area contributed by atoms with Gasteiger partial charge in [0.05, 0.1) is 10.6 Å². The van der Waals surface area contributed by atoms with Crippen molar-refractivity contribution in [1.29, 1.82) is 0 Å². The maximum Gasteiger partial charge on any atom is 0.252 e. The summed E-state index contributed by atoms with van der Waals surface area (Å²) in [6.07, 6.45) is 0. The lowest BCUT2D eigenvalue weighted by Crippen LogP contribution is -2.23. The first-order valence-corrected chi connectivity index (χ1v) is 6.67. The molecule has 0 atom stereocenters. The van der Waals surface area contributed by atoms with E-state index < -0.39 is 11.8 Å². The average Bonchev–Trinajstić information content (AvgIpc) is 2.45. The third-order valence-corrected chi connectivity index (χ3v) is 3.83. The normalized spacial score (nSPS) is 13.4. The third kappa shape index (κ3) is 2.35. The van der Waals surface area contributed by atoms with Gasteiger partial charge in [-0.15, -0.1) is 0 Å². The summed E-state index contributed by atoms with van der Waals surface area (Å²) >= 11 is 1.19. The lowest BCUT2D eigenvalue weighted by atomic mass is 10.3. The van der Waals surface area contributed by atoms with Gasteiger partial charge in [0.2, 0.25) is 0 Å². The Morgan fingerprint density at radius 2 is 1.79 bits per heavy atom. The number of nitrogens with one attached hydrogen (secondary N) is 2. The van der Waals surface area contributed by atoms with Gasteiger partial charge in [0.25, 0.3) is 5.95 Å². The average molecular weight is 279 g/mol. The van der Waals surface area contributed by atoms with Gasteiger partial charge in [0, 0.05) is 18.0 Å². The number of anilines is 2. The Hall–Kier alpha value is -1.82. The molecule has 19 heavy (non-hydrogen) atoms. The number of fused-ring (bicyclic) bond motifs is 1.